The largest absolute Gasteiger partial charge is 0.373 e. The average Bonchev–Trinajstić information content (AvgIpc) is 2.66. The zero-order valence-corrected chi connectivity index (χ0v) is 14.8. The van der Waals surface area contributed by atoms with Crippen LogP contribution >= 0.6 is 0 Å². The molecule has 0 N–H and O–H groups in total. The number of aryl methyl sites for hydroxylation is 1. The van der Waals surface area contributed by atoms with E-state index in [4.69, 9.17) is 9.47 Å². The van der Waals surface area contributed by atoms with E-state index in [-0.39, 0.29) is 17.6 Å². The lowest BCUT2D eigenvalue weighted by atomic mass is 9.84. The predicted octanol–water partition coefficient (Wildman–Crippen LogP) is 1.77. The molecule has 1 atom stereocenters. The number of rotatable bonds is 4. The maximum absolute atomic E-state index is 12.4. The van der Waals surface area contributed by atoms with Gasteiger partial charge < -0.3 is 14.4 Å². The van der Waals surface area contributed by atoms with Crippen LogP contribution in [0.25, 0.3) is 0 Å². The van der Waals surface area contributed by atoms with Crippen LogP contribution in [0.4, 0.5) is 0 Å². The van der Waals surface area contributed by atoms with Crippen molar-refractivity contribution in [1.82, 2.24) is 19.9 Å². The van der Waals surface area contributed by atoms with Crippen molar-refractivity contribution in [2.24, 2.45) is 0 Å². The lowest BCUT2D eigenvalue weighted by Gasteiger charge is -2.52. The Morgan fingerprint density at radius 2 is 2.19 bits per heavy atom. The monoisotopic (exact) mass is 354 g/mol. The topological polar surface area (TPSA) is 77.4 Å². The second-order valence-corrected chi connectivity index (χ2v) is 7.02. The normalized spacial score (nSPS) is 21.4. The summed E-state index contributed by atoms with van der Waals surface area (Å²) in [5.74, 6) is -0.0735. The molecule has 4 rings (SSSR count). The van der Waals surface area contributed by atoms with Crippen molar-refractivity contribution < 1.29 is 14.3 Å². The van der Waals surface area contributed by atoms with Gasteiger partial charge in [0, 0.05) is 31.6 Å². The average molecular weight is 354 g/mol. The lowest BCUT2D eigenvalue weighted by molar-refractivity contribution is -0.188. The minimum atomic E-state index is -0.282. The summed E-state index contributed by atoms with van der Waals surface area (Å²) in [4.78, 5) is 26.2. The van der Waals surface area contributed by atoms with Gasteiger partial charge in [0.25, 0.3) is 5.91 Å². The second-order valence-electron chi connectivity index (χ2n) is 7.02. The van der Waals surface area contributed by atoms with Crippen molar-refractivity contribution in [3.8, 4) is 0 Å². The molecule has 2 aliphatic heterocycles. The minimum absolute atomic E-state index is 0.0735. The summed E-state index contributed by atoms with van der Waals surface area (Å²) in [5.41, 5.74) is 2.44. The van der Waals surface area contributed by atoms with Gasteiger partial charge in [-0.15, -0.1) is 0 Å². The zero-order chi connectivity index (χ0) is 18.0. The van der Waals surface area contributed by atoms with Crippen LogP contribution in [0, 0.1) is 6.92 Å². The molecular formula is C19H22N4O3. The fraction of sp³-hybridized carbons (Fsp3) is 0.474. The molecule has 0 radical (unpaired) electrons. The number of nitrogens with zero attached hydrogens (tertiary/aromatic N) is 4. The van der Waals surface area contributed by atoms with E-state index in [1.807, 2.05) is 12.3 Å². The van der Waals surface area contributed by atoms with Crippen LogP contribution in [0.5, 0.6) is 0 Å². The first kappa shape index (κ1) is 17.1. The standard InChI is InChI=1S/C19H22N4O3/c1-14-2-5-20-9-15(14)10-25-16-4-7-26-19(8-16)11-23(12-19)18(24)17-3-6-21-13-22-17/h2-3,5-6,9,13,16H,4,7-8,10-12H2,1H3/t16-/m1/s1. The summed E-state index contributed by atoms with van der Waals surface area (Å²) >= 11 is 0. The highest BCUT2D eigenvalue weighted by Crippen LogP contribution is 2.36. The number of ether oxygens (including phenoxy) is 2. The van der Waals surface area contributed by atoms with Gasteiger partial charge in [-0.2, -0.15) is 0 Å². The predicted molar refractivity (Wildman–Crippen MR) is 93.4 cm³/mol. The van der Waals surface area contributed by atoms with Gasteiger partial charge in [0.2, 0.25) is 0 Å². The van der Waals surface area contributed by atoms with Crippen molar-refractivity contribution >= 4 is 5.91 Å². The molecule has 4 heterocycles. The zero-order valence-electron chi connectivity index (χ0n) is 14.8. The number of aromatic nitrogens is 3. The fourth-order valence-electron chi connectivity index (χ4n) is 3.57. The maximum Gasteiger partial charge on any atom is 0.272 e. The van der Waals surface area contributed by atoms with Crippen LogP contribution < -0.4 is 0 Å². The van der Waals surface area contributed by atoms with Crippen LogP contribution in [-0.2, 0) is 16.1 Å². The summed E-state index contributed by atoms with van der Waals surface area (Å²) in [6, 6.07) is 3.63. The Morgan fingerprint density at radius 1 is 1.35 bits per heavy atom. The molecule has 2 aromatic heterocycles. The lowest BCUT2D eigenvalue weighted by Crippen LogP contribution is -2.67. The quantitative estimate of drug-likeness (QED) is 0.833. The molecule has 2 aliphatic rings. The number of likely N-dealkylation sites (tertiary alicyclic amines) is 1. The Bertz CT molecular complexity index is 777. The fourth-order valence-corrected chi connectivity index (χ4v) is 3.57. The third-order valence-corrected chi connectivity index (χ3v) is 5.12. The van der Waals surface area contributed by atoms with E-state index in [1.54, 1.807) is 23.4 Å². The smallest absolute Gasteiger partial charge is 0.272 e. The van der Waals surface area contributed by atoms with Crippen LogP contribution in [-0.4, -0.2) is 57.2 Å². The van der Waals surface area contributed by atoms with Gasteiger partial charge in [-0.1, -0.05) is 0 Å². The highest BCUT2D eigenvalue weighted by atomic mass is 16.5. The summed E-state index contributed by atoms with van der Waals surface area (Å²) in [6.45, 7) is 4.45. The van der Waals surface area contributed by atoms with Gasteiger partial charge in [0.05, 0.1) is 25.8 Å². The molecule has 136 valence electrons. The first-order chi connectivity index (χ1) is 12.7. The van der Waals surface area contributed by atoms with Gasteiger partial charge in [-0.3, -0.25) is 9.78 Å². The molecule has 7 heteroatoms. The molecule has 26 heavy (non-hydrogen) atoms. The Morgan fingerprint density at radius 3 is 2.96 bits per heavy atom. The number of hydrogen-bond acceptors (Lipinski definition) is 6. The summed E-state index contributed by atoms with van der Waals surface area (Å²) in [6.07, 6.45) is 8.44. The van der Waals surface area contributed by atoms with E-state index in [9.17, 15) is 4.79 Å². The van der Waals surface area contributed by atoms with Crippen LogP contribution in [0.3, 0.4) is 0 Å². The van der Waals surface area contributed by atoms with Crippen molar-refractivity contribution in [1.29, 1.82) is 0 Å². The number of carbonyl (C=O) groups is 1. The number of pyridine rings is 1. The van der Waals surface area contributed by atoms with E-state index in [1.165, 1.54) is 11.9 Å². The van der Waals surface area contributed by atoms with Crippen molar-refractivity contribution in [3.05, 3.63) is 53.9 Å². The SMILES string of the molecule is Cc1ccncc1CO[C@@H]1CCOC2(C1)CN(C(=O)c1ccncn1)C2. The van der Waals surface area contributed by atoms with Crippen molar-refractivity contribution in [3.63, 3.8) is 0 Å². The van der Waals surface area contributed by atoms with Gasteiger partial charge in [-0.25, -0.2) is 9.97 Å². The Hall–Kier alpha value is -2.38. The molecule has 7 nitrogen and oxygen atoms in total. The molecular weight excluding hydrogens is 332 g/mol. The van der Waals surface area contributed by atoms with E-state index < -0.39 is 0 Å². The summed E-state index contributed by atoms with van der Waals surface area (Å²) in [7, 11) is 0. The molecule has 1 spiro atoms. The number of amides is 1. The minimum Gasteiger partial charge on any atom is -0.373 e. The van der Waals surface area contributed by atoms with E-state index in [0.29, 0.717) is 32.0 Å². The van der Waals surface area contributed by atoms with Gasteiger partial charge in [0.15, 0.2) is 0 Å². The Balaban J connectivity index is 1.32. The van der Waals surface area contributed by atoms with Gasteiger partial charge in [-0.05, 0) is 36.6 Å². The van der Waals surface area contributed by atoms with E-state index in [0.717, 1.165) is 18.4 Å². The highest BCUT2D eigenvalue weighted by molar-refractivity contribution is 5.92. The van der Waals surface area contributed by atoms with Gasteiger partial charge in [0.1, 0.15) is 17.6 Å². The highest BCUT2D eigenvalue weighted by Gasteiger charge is 2.49. The molecule has 0 aromatic carbocycles. The molecule has 1 amide bonds. The summed E-state index contributed by atoms with van der Waals surface area (Å²) in [5, 5.41) is 0. The van der Waals surface area contributed by atoms with Gasteiger partial charge >= 0.3 is 0 Å². The van der Waals surface area contributed by atoms with E-state index in [2.05, 4.69) is 21.9 Å². The van der Waals surface area contributed by atoms with Crippen molar-refractivity contribution in [2.75, 3.05) is 19.7 Å². The third-order valence-electron chi connectivity index (χ3n) is 5.12. The number of hydrogen-bond donors (Lipinski definition) is 0. The first-order valence-corrected chi connectivity index (χ1v) is 8.86. The molecule has 0 bridgehead atoms. The summed E-state index contributed by atoms with van der Waals surface area (Å²) < 4.78 is 12.1. The Labute approximate surface area is 152 Å². The first-order valence-electron chi connectivity index (χ1n) is 8.86. The van der Waals surface area contributed by atoms with Crippen LogP contribution in [0.1, 0.15) is 34.5 Å². The molecule has 0 unspecified atom stereocenters. The molecule has 0 aliphatic carbocycles. The van der Waals surface area contributed by atoms with Crippen LogP contribution in [0.15, 0.2) is 37.1 Å². The Kier molecular flexibility index (Phi) is 4.65. The maximum atomic E-state index is 12.4. The van der Waals surface area contributed by atoms with Crippen molar-refractivity contribution in [2.45, 2.75) is 38.1 Å². The molecule has 2 saturated heterocycles. The molecule has 2 aromatic rings. The second kappa shape index (κ2) is 7.09. The van der Waals surface area contributed by atoms with E-state index >= 15 is 0 Å². The molecule has 2 fully saturated rings. The third kappa shape index (κ3) is 3.45. The van der Waals surface area contributed by atoms with Crippen LogP contribution in [0.2, 0.25) is 0 Å². The number of carbonyl (C=O) groups excluding carboxylic acids is 1. The molecule has 0 saturated carbocycles.